The van der Waals surface area contributed by atoms with Crippen molar-refractivity contribution in [2.75, 3.05) is 13.1 Å². The molecule has 1 amide bonds. The number of piperidine rings is 1. The molecule has 0 radical (unpaired) electrons. The van der Waals surface area contributed by atoms with E-state index in [2.05, 4.69) is 15.4 Å². The fraction of sp³-hybridized carbons (Fsp3) is 0.667. The van der Waals surface area contributed by atoms with Gasteiger partial charge in [0, 0.05) is 13.1 Å². The number of H-pyrrole nitrogens is 1. The fourth-order valence-corrected chi connectivity index (χ4v) is 2.49. The first-order valence-corrected chi connectivity index (χ1v) is 6.40. The van der Waals surface area contributed by atoms with Crippen molar-refractivity contribution >= 4 is 11.9 Å². The van der Waals surface area contributed by atoms with Crippen LogP contribution in [0, 0.1) is 12.3 Å². The van der Waals surface area contributed by atoms with Crippen LogP contribution in [-0.2, 0) is 4.79 Å². The second-order valence-electron chi connectivity index (χ2n) is 4.99. The molecule has 104 valence electrons. The van der Waals surface area contributed by atoms with Crippen LogP contribution in [0.5, 0.6) is 0 Å². The average Bonchev–Trinajstić information content (AvgIpc) is 2.84. The van der Waals surface area contributed by atoms with E-state index in [-0.39, 0.29) is 5.91 Å². The molecular weight excluding hydrogens is 248 g/mol. The summed E-state index contributed by atoms with van der Waals surface area (Å²) in [5, 5.41) is 19.4. The molecule has 0 bridgehead atoms. The van der Waals surface area contributed by atoms with Gasteiger partial charge in [0.15, 0.2) is 5.69 Å². The number of likely N-dealkylation sites (tertiary alicyclic amines) is 1. The van der Waals surface area contributed by atoms with Crippen LogP contribution >= 0.6 is 0 Å². The molecule has 1 saturated heterocycles. The van der Waals surface area contributed by atoms with E-state index in [1.54, 1.807) is 11.8 Å². The Hall–Kier alpha value is -1.92. The van der Waals surface area contributed by atoms with Gasteiger partial charge in [-0.05, 0) is 26.2 Å². The quantitative estimate of drug-likeness (QED) is 0.844. The number of nitrogens with one attached hydrogen (secondary N) is 1. The fourth-order valence-electron chi connectivity index (χ4n) is 2.49. The van der Waals surface area contributed by atoms with Gasteiger partial charge in [-0.1, -0.05) is 6.92 Å². The molecule has 7 heteroatoms. The minimum Gasteiger partial charge on any atom is -0.481 e. The molecule has 2 heterocycles. The van der Waals surface area contributed by atoms with Crippen molar-refractivity contribution in [2.45, 2.75) is 33.1 Å². The summed E-state index contributed by atoms with van der Waals surface area (Å²) >= 11 is 0. The second-order valence-corrected chi connectivity index (χ2v) is 4.99. The predicted octanol–water partition coefficient (Wildman–Crippen LogP) is 0.830. The lowest BCUT2D eigenvalue weighted by atomic mass is 9.76. The van der Waals surface area contributed by atoms with Crippen LogP contribution < -0.4 is 0 Å². The Morgan fingerprint density at radius 1 is 1.37 bits per heavy atom. The number of aryl methyl sites for hydroxylation is 1. The zero-order chi connectivity index (χ0) is 14.0. The van der Waals surface area contributed by atoms with E-state index >= 15 is 0 Å². The number of hydrogen-bond donors (Lipinski definition) is 2. The number of amides is 1. The third kappa shape index (κ3) is 2.32. The molecule has 0 atom stereocenters. The van der Waals surface area contributed by atoms with Crippen molar-refractivity contribution in [1.82, 2.24) is 20.3 Å². The van der Waals surface area contributed by atoms with Crippen molar-refractivity contribution in [3.8, 4) is 0 Å². The lowest BCUT2D eigenvalue weighted by Gasteiger charge is -2.38. The Morgan fingerprint density at radius 3 is 2.42 bits per heavy atom. The number of carboxylic acids is 1. The average molecular weight is 266 g/mol. The van der Waals surface area contributed by atoms with Gasteiger partial charge in [-0.2, -0.15) is 15.4 Å². The Bertz CT molecular complexity index is 489. The summed E-state index contributed by atoms with van der Waals surface area (Å²) in [7, 11) is 0. The van der Waals surface area contributed by atoms with Crippen LogP contribution in [0.25, 0.3) is 0 Å². The molecule has 19 heavy (non-hydrogen) atoms. The molecule has 1 aromatic heterocycles. The van der Waals surface area contributed by atoms with E-state index in [9.17, 15) is 14.7 Å². The molecular formula is C12H18N4O3. The van der Waals surface area contributed by atoms with Crippen LogP contribution in [0.3, 0.4) is 0 Å². The number of nitrogens with zero attached hydrogens (tertiary/aromatic N) is 3. The van der Waals surface area contributed by atoms with Crippen molar-refractivity contribution < 1.29 is 14.7 Å². The summed E-state index contributed by atoms with van der Waals surface area (Å²) < 4.78 is 0. The van der Waals surface area contributed by atoms with Crippen LogP contribution in [0.1, 0.15) is 42.4 Å². The molecule has 0 aliphatic carbocycles. The van der Waals surface area contributed by atoms with E-state index in [4.69, 9.17) is 0 Å². The van der Waals surface area contributed by atoms with E-state index in [1.165, 1.54) is 0 Å². The molecule has 2 rings (SSSR count). The highest BCUT2D eigenvalue weighted by Crippen LogP contribution is 2.35. The van der Waals surface area contributed by atoms with Crippen LogP contribution in [0.4, 0.5) is 0 Å². The number of aliphatic carboxylic acids is 1. The number of aromatic nitrogens is 3. The molecule has 0 unspecified atom stereocenters. The molecule has 0 aromatic carbocycles. The first kappa shape index (κ1) is 13.5. The molecule has 1 aliphatic heterocycles. The van der Waals surface area contributed by atoms with Gasteiger partial charge < -0.3 is 10.0 Å². The molecule has 1 aliphatic rings. The Morgan fingerprint density at radius 2 is 2.00 bits per heavy atom. The van der Waals surface area contributed by atoms with Gasteiger partial charge in [-0.25, -0.2) is 0 Å². The minimum absolute atomic E-state index is 0.179. The van der Waals surface area contributed by atoms with Crippen LogP contribution in [-0.4, -0.2) is 50.4 Å². The Kier molecular flexibility index (Phi) is 3.55. The van der Waals surface area contributed by atoms with Gasteiger partial charge in [0.2, 0.25) is 0 Å². The molecule has 7 nitrogen and oxygen atoms in total. The summed E-state index contributed by atoms with van der Waals surface area (Å²) in [6.45, 7) is 4.50. The number of rotatable bonds is 3. The van der Waals surface area contributed by atoms with Gasteiger partial charge in [-0.15, -0.1) is 0 Å². The Labute approximate surface area is 111 Å². The zero-order valence-electron chi connectivity index (χ0n) is 11.1. The highest BCUT2D eigenvalue weighted by atomic mass is 16.4. The number of carbonyl (C=O) groups excluding carboxylic acids is 1. The van der Waals surface area contributed by atoms with Crippen LogP contribution in [0.2, 0.25) is 0 Å². The van der Waals surface area contributed by atoms with Crippen molar-refractivity contribution in [3.63, 3.8) is 0 Å². The van der Waals surface area contributed by atoms with E-state index in [0.717, 1.165) is 0 Å². The highest BCUT2D eigenvalue weighted by molar-refractivity contribution is 5.93. The standard InChI is InChI=1S/C12H18N4O3/c1-3-12(11(18)19)4-6-16(7-5-12)10(17)9-8(2)13-15-14-9/h3-7H2,1-2H3,(H,18,19)(H,13,14,15). The maximum atomic E-state index is 12.2. The maximum Gasteiger partial charge on any atom is 0.309 e. The first-order chi connectivity index (χ1) is 9.00. The third-order valence-electron chi connectivity index (χ3n) is 4.06. The van der Waals surface area contributed by atoms with E-state index in [1.807, 2.05) is 6.92 Å². The number of carboxylic acid groups (broad SMARTS) is 1. The summed E-state index contributed by atoms with van der Waals surface area (Å²) in [6, 6.07) is 0. The smallest absolute Gasteiger partial charge is 0.309 e. The predicted molar refractivity (Wildman–Crippen MR) is 66.6 cm³/mol. The van der Waals surface area contributed by atoms with Crippen molar-refractivity contribution in [2.24, 2.45) is 5.41 Å². The van der Waals surface area contributed by atoms with Gasteiger partial charge in [0.05, 0.1) is 11.1 Å². The summed E-state index contributed by atoms with van der Waals surface area (Å²) in [5.74, 6) is -0.943. The topological polar surface area (TPSA) is 99.2 Å². The van der Waals surface area contributed by atoms with Crippen LogP contribution in [0.15, 0.2) is 0 Å². The maximum absolute atomic E-state index is 12.2. The van der Waals surface area contributed by atoms with Crippen molar-refractivity contribution in [3.05, 3.63) is 11.4 Å². The summed E-state index contributed by atoms with van der Waals surface area (Å²) in [5.41, 5.74) is 0.199. The number of carbonyl (C=O) groups is 2. The van der Waals surface area contributed by atoms with Gasteiger partial charge >= 0.3 is 5.97 Å². The lowest BCUT2D eigenvalue weighted by molar-refractivity contribution is -0.152. The van der Waals surface area contributed by atoms with E-state index in [0.29, 0.717) is 43.7 Å². The first-order valence-electron chi connectivity index (χ1n) is 6.40. The molecule has 2 N–H and O–H groups in total. The monoisotopic (exact) mass is 266 g/mol. The Balaban J connectivity index is 2.06. The van der Waals surface area contributed by atoms with Gasteiger partial charge in [0.25, 0.3) is 5.91 Å². The lowest BCUT2D eigenvalue weighted by Crippen LogP contribution is -2.46. The van der Waals surface area contributed by atoms with Gasteiger partial charge in [-0.3, -0.25) is 9.59 Å². The number of hydrogen-bond acceptors (Lipinski definition) is 4. The second kappa shape index (κ2) is 4.99. The third-order valence-corrected chi connectivity index (χ3v) is 4.06. The summed E-state index contributed by atoms with van der Waals surface area (Å²) in [4.78, 5) is 25.2. The van der Waals surface area contributed by atoms with Crippen molar-refractivity contribution in [1.29, 1.82) is 0 Å². The van der Waals surface area contributed by atoms with Gasteiger partial charge in [0.1, 0.15) is 0 Å². The molecule has 0 saturated carbocycles. The molecule has 1 aromatic rings. The summed E-state index contributed by atoms with van der Waals surface area (Å²) in [6.07, 6.45) is 1.57. The molecule has 0 spiro atoms. The number of aromatic amines is 1. The molecule has 1 fully saturated rings. The highest BCUT2D eigenvalue weighted by Gasteiger charge is 2.41. The minimum atomic E-state index is -0.764. The largest absolute Gasteiger partial charge is 0.481 e. The van der Waals surface area contributed by atoms with E-state index < -0.39 is 11.4 Å². The zero-order valence-corrected chi connectivity index (χ0v) is 11.1. The SMILES string of the molecule is CCC1(C(=O)O)CCN(C(=O)c2n[nH]nc2C)CC1. The normalized spacial score (nSPS) is 18.3.